The van der Waals surface area contributed by atoms with Crippen molar-refractivity contribution in [3.63, 3.8) is 0 Å². The number of alkyl halides is 3. The Morgan fingerprint density at radius 1 is 0.950 bits per heavy atom. The van der Waals surface area contributed by atoms with Crippen LogP contribution >= 0.6 is 0 Å². The van der Waals surface area contributed by atoms with Crippen molar-refractivity contribution in [2.75, 3.05) is 48.9 Å². The molecule has 0 atom stereocenters. The Bertz CT molecular complexity index is 1290. The highest BCUT2D eigenvalue weighted by atomic mass is 19.4. The van der Waals surface area contributed by atoms with E-state index in [0.717, 1.165) is 44.1 Å². The molecule has 3 aromatic rings. The SMILES string of the molecule is COCCNC(=O)c1cc(NC(=O)Nc2ccccc2C(F)(F)F)ccc1N1CCC(Cc2ccccc2)CC1. The van der Waals surface area contributed by atoms with Gasteiger partial charge in [0.1, 0.15) is 0 Å². The van der Waals surface area contributed by atoms with Gasteiger partial charge >= 0.3 is 12.2 Å². The smallest absolute Gasteiger partial charge is 0.383 e. The molecule has 4 rings (SSSR count). The van der Waals surface area contributed by atoms with Crippen molar-refractivity contribution >= 4 is 29.0 Å². The van der Waals surface area contributed by atoms with Crippen molar-refractivity contribution in [3.8, 4) is 0 Å². The Balaban J connectivity index is 1.48. The lowest BCUT2D eigenvalue weighted by Crippen LogP contribution is -2.36. The topological polar surface area (TPSA) is 82.7 Å². The van der Waals surface area contributed by atoms with E-state index in [1.165, 1.54) is 30.9 Å². The van der Waals surface area contributed by atoms with Crippen LogP contribution in [0.5, 0.6) is 0 Å². The Morgan fingerprint density at radius 3 is 2.35 bits per heavy atom. The lowest BCUT2D eigenvalue weighted by molar-refractivity contribution is -0.136. The van der Waals surface area contributed by atoms with Crippen molar-refractivity contribution in [2.45, 2.75) is 25.4 Å². The summed E-state index contributed by atoms with van der Waals surface area (Å²) in [6, 6.07) is 19.2. The lowest BCUT2D eigenvalue weighted by Gasteiger charge is -2.35. The molecule has 3 N–H and O–H groups in total. The highest BCUT2D eigenvalue weighted by Crippen LogP contribution is 2.35. The van der Waals surface area contributed by atoms with Gasteiger partial charge in [0, 0.05) is 38.1 Å². The van der Waals surface area contributed by atoms with E-state index in [1.54, 1.807) is 18.2 Å². The van der Waals surface area contributed by atoms with Crippen LogP contribution in [-0.4, -0.2) is 45.3 Å². The quantitative estimate of drug-likeness (QED) is 0.276. The molecular formula is C30H33F3N4O3. The molecule has 1 fully saturated rings. The van der Waals surface area contributed by atoms with E-state index in [-0.39, 0.29) is 17.3 Å². The molecule has 0 spiro atoms. The minimum absolute atomic E-state index is 0.279. The van der Waals surface area contributed by atoms with Gasteiger partial charge in [0.25, 0.3) is 5.91 Å². The number of rotatable bonds is 9. The molecule has 1 saturated heterocycles. The summed E-state index contributed by atoms with van der Waals surface area (Å²) in [5, 5.41) is 7.64. The third-order valence-electron chi connectivity index (χ3n) is 6.89. The molecule has 0 bridgehead atoms. The standard InChI is InChI=1S/C30H33F3N4O3/c1-40-18-15-34-28(38)24-20-23(35-29(39)36-26-10-6-5-9-25(26)30(31,32)33)11-12-27(24)37-16-13-22(14-17-37)19-21-7-3-2-4-8-21/h2-12,20,22H,13-19H2,1H3,(H,34,38)(H2,35,36,39). The second-order valence-corrected chi connectivity index (χ2v) is 9.72. The average molecular weight is 555 g/mol. The predicted molar refractivity (Wildman–Crippen MR) is 150 cm³/mol. The second-order valence-electron chi connectivity index (χ2n) is 9.72. The fourth-order valence-corrected chi connectivity index (χ4v) is 4.88. The molecule has 1 aliphatic heterocycles. The van der Waals surface area contributed by atoms with Crippen LogP contribution in [0.25, 0.3) is 0 Å². The number of urea groups is 1. The molecule has 3 aromatic carbocycles. The molecule has 1 heterocycles. The number of ether oxygens (including phenoxy) is 1. The normalized spacial score (nSPS) is 14.1. The first-order valence-corrected chi connectivity index (χ1v) is 13.2. The molecule has 0 saturated carbocycles. The fourth-order valence-electron chi connectivity index (χ4n) is 4.88. The molecule has 1 aliphatic rings. The molecule has 0 unspecified atom stereocenters. The van der Waals surface area contributed by atoms with Crippen LogP contribution in [0.15, 0.2) is 72.8 Å². The number of carbonyl (C=O) groups excluding carboxylic acids is 2. The van der Waals surface area contributed by atoms with E-state index in [0.29, 0.717) is 24.6 Å². The minimum Gasteiger partial charge on any atom is -0.383 e. The van der Waals surface area contributed by atoms with E-state index in [4.69, 9.17) is 4.74 Å². The zero-order chi connectivity index (χ0) is 28.5. The zero-order valence-corrected chi connectivity index (χ0v) is 22.3. The fraction of sp³-hybridized carbons (Fsp3) is 0.333. The highest BCUT2D eigenvalue weighted by molar-refractivity contribution is 6.04. The first-order valence-electron chi connectivity index (χ1n) is 13.2. The number of benzene rings is 3. The van der Waals surface area contributed by atoms with Gasteiger partial charge in [-0.05, 0) is 61.1 Å². The Kier molecular flexibility index (Phi) is 9.65. The van der Waals surface area contributed by atoms with Crippen LogP contribution in [0.1, 0.15) is 34.3 Å². The maximum Gasteiger partial charge on any atom is 0.418 e. The van der Waals surface area contributed by atoms with Gasteiger partial charge in [-0.15, -0.1) is 0 Å². The maximum absolute atomic E-state index is 13.3. The minimum atomic E-state index is -4.62. The summed E-state index contributed by atoms with van der Waals surface area (Å²) in [5.41, 5.74) is 1.38. The number of nitrogens with one attached hydrogen (secondary N) is 3. The number of carbonyl (C=O) groups is 2. The summed E-state index contributed by atoms with van der Waals surface area (Å²) in [7, 11) is 1.54. The Hall–Kier alpha value is -4.05. The van der Waals surface area contributed by atoms with E-state index >= 15 is 0 Å². The molecule has 3 amide bonds. The van der Waals surface area contributed by atoms with Crippen molar-refractivity contribution in [1.82, 2.24) is 5.32 Å². The van der Waals surface area contributed by atoms with Crippen LogP contribution < -0.4 is 20.9 Å². The number of methoxy groups -OCH3 is 1. The summed E-state index contributed by atoms with van der Waals surface area (Å²) in [6.07, 6.45) is -1.66. The van der Waals surface area contributed by atoms with Crippen LogP contribution in [0.3, 0.4) is 0 Å². The third kappa shape index (κ3) is 7.75. The summed E-state index contributed by atoms with van der Waals surface area (Å²) in [6.45, 7) is 2.19. The molecule has 0 radical (unpaired) electrons. The number of nitrogens with zero attached hydrogens (tertiary/aromatic N) is 1. The van der Waals surface area contributed by atoms with Crippen LogP contribution in [0.4, 0.5) is 35.0 Å². The van der Waals surface area contributed by atoms with E-state index in [2.05, 4.69) is 33.0 Å². The molecule has 0 aliphatic carbocycles. The second kappa shape index (κ2) is 13.3. The summed E-state index contributed by atoms with van der Waals surface area (Å²) in [4.78, 5) is 27.9. The maximum atomic E-state index is 13.3. The monoisotopic (exact) mass is 554 g/mol. The van der Waals surface area contributed by atoms with Crippen molar-refractivity contribution in [1.29, 1.82) is 0 Å². The molecule has 40 heavy (non-hydrogen) atoms. The summed E-state index contributed by atoms with van der Waals surface area (Å²) in [5.74, 6) is 0.215. The number of halogens is 3. The van der Waals surface area contributed by atoms with Gasteiger partial charge in [-0.2, -0.15) is 13.2 Å². The summed E-state index contributed by atoms with van der Waals surface area (Å²) < 4.78 is 45.0. The van der Waals surface area contributed by atoms with Crippen molar-refractivity contribution < 1.29 is 27.5 Å². The molecular weight excluding hydrogens is 521 g/mol. The number of hydrogen-bond donors (Lipinski definition) is 3. The van der Waals surface area contributed by atoms with Gasteiger partial charge < -0.3 is 25.6 Å². The van der Waals surface area contributed by atoms with Crippen molar-refractivity contribution in [3.05, 3.63) is 89.5 Å². The number of amides is 3. The van der Waals surface area contributed by atoms with Gasteiger partial charge in [0.15, 0.2) is 0 Å². The number of para-hydroxylation sites is 1. The summed E-state index contributed by atoms with van der Waals surface area (Å²) >= 11 is 0. The first kappa shape index (κ1) is 28.9. The Morgan fingerprint density at radius 2 is 1.65 bits per heavy atom. The van der Waals surface area contributed by atoms with Crippen molar-refractivity contribution in [2.24, 2.45) is 5.92 Å². The average Bonchev–Trinajstić information content (AvgIpc) is 2.94. The van der Waals surface area contributed by atoms with Gasteiger partial charge in [0.2, 0.25) is 0 Å². The van der Waals surface area contributed by atoms with Gasteiger partial charge in [-0.25, -0.2) is 4.79 Å². The first-order chi connectivity index (χ1) is 19.2. The molecule has 212 valence electrons. The van der Waals surface area contributed by atoms with Crippen LogP contribution in [0.2, 0.25) is 0 Å². The third-order valence-corrected chi connectivity index (χ3v) is 6.89. The zero-order valence-electron chi connectivity index (χ0n) is 22.3. The van der Waals surface area contributed by atoms with Crippen LogP contribution in [0, 0.1) is 5.92 Å². The highest BCUT2D eigenvalue weighted by Gasteiger charge is 2.33. The molecule has 10 heteroatoms. The predicted octanol–water partition coefficient (Wildman–Crippen LogP) is 6.18. The van der Waals surface area contributed by atoms with E-state index in [1.807, 2.05) is 18.2 Å². The van der Waals surface area contributed by atoms with Gasteiger partial charge in [-0.3, -0.25) is 4.79 Å². The van der Waals surface area contributed by atoms with E-state index < -0.39 is 17.8 Å². The van der Waals surface area contributed by atoms with Gasteiger partial charge in [0.05, 0.1) is 23.4 Å². The lowest BCUT2D eigenvalue weighted by atomic mass is 9.89. The van der Waals surface area contributed by atoms with Gasteiger partial charge in [-0.1, -0.05) is 42.5 Å². The Labute approximate surface area is 231 Å². The molecule has 7 nitrogen and oxygen atoms in total. The number of piperidine rings is 1. The van der Waals surface area contributed by atoms with E-state index in [9.17, 15) is 22.8 Å². The number of anilines is 3. The largest absolute Gasteiger partial charge is 0.418 e. The molecule has 0 aromatic heterocycles. The number of hydrogen-bond acceptors (Lipinski definition) is 4. The van der Waals surface area contributed by atoms with Crippen LogP contribution in [-0.2, 0) is 17.3 Å².